The van der Waals surface area contributed by atoms with Crippen LogP contribution in [0.3, 0.4) is 0 Å². The number of nitrogens with zero attached hydrogens (tertiary/aromatic N) is 1. The minimum Gasteiger partial charge on any atom is -0.493 e. The van der Waals surface area contributed by atoms with Gasteiger partial charge in [-0.25, -0.2) is 8.42 Å². The average Bonchev–Trinajstić information content (AvgIpc) is 2.88. The number of hydrogen-bond donors (Lipinski definition) is 0. The number of benzene rings is 4. The van der Waals surface area contributed by atoms with Gasteiger partial charge in [0.25, 0.3) is 5.91 Å². The Hall–Kier alpha value is -4.10. The molecule has 0 saturated carbocycles. The Balaban J connectivity index is 1.56. The van der Waals surface area contributed by atoms with Crippen LogP contribution in [0.4, 0.5) is 11.4 Å². The molecule has 4 aromatic carbocycles. The maximum absolute atomic E-state index is 13.8. The van der Waals surface area contributed by atoms with Gasteiger partial charge in [0.05, 0.1) is 28.3 Å². The third-order valence-electron chi connectivity index (χ3n) is 5.64. The van der Waals surface area contributed by atoms with Gasteiger partial charge in [0.15, 0.2) is 11.5 Å². The molecule has 34 heavy (non-hydrogen) atoms. The third-order valence-corrected chi connectivity index (χ3v) is 7.49. The van der Waals surface area contributed by atoms with Crippen molar-refractivity contribution in [3.05, 3.63) is 108 Å². The number of anilines is 2. The number of ether oxygens (including phenoxy) is 2. The summed E-state index contributed by atoms with van der Waals surface area (Å²) in [6.45, 7) is 0.308. The number of rotatable bonds is 5. The molecule has 0 bridgehead atoms. The summed E-state index contributed by atoms with van der Waals surface area (Å²) >= 11 is 0. The minimum atomic E-state index is -3.75. The van der Waals surface area contributed by atoms with Gasteiger partial charge >= 0.3 is 0 Å². The Bertz CT molecular complexity index is 1430. The Morgan fingerprint density at radius 1 is 0.765 bits per heavy atom. The van der Waals surface area contributed by atoms with Crippen molar-refractivity contribution in [1.29, 1.82) is 0 Å². The number of para-hydroxylation sites is 2. The van der Waals surface area contributed by atoms with E-state index in [4.69, 9.17) is 9.47 Å². The molecule has 0 aromatic heterocycles. The fraction of sp³-hybridized carbons (Fsp3) is 0.0741. The molecule has 0 aliphatic carbocycles. The lowest BCUT2D eigenvalue weighted by Crippen LogP contribution is -2.31. The molecule has 1 aliphatic rings. The van der Waals surface area contributed by atoms with Crippen LogP contribution in [0, 0.1) is 0 Å². The fourth-order valence-electron chi connectivity index (χ4n) is 3.99. The van der Waals surface area contributed by atoms with Crippen LogP contribution < -0.4 is 14.4 Å². The minimum absolute atomic E-state index is 0.0936. The van der Waals surface area contributed by atoms with Crippen molar-refractivity contribution < 1.29 is 22.7 Å². The standard InChI is InChI=1S/C27H21NO5S/c1-32-23-16-15-20(17-24(23)33-18-19-9-3-2-4-10-19)27(29)28-21-11-5-7-13-25(21)34(30,31)26-14-8-6-12-22(26)28/h2-17H,18H2,1H3. The zero-order chi connectivity index (χ0) is 23.7. The first kappa shape index (κ1) is 21.7. The van der Waals surface area contributed by atoms with E-state index in [-0.39, 0.29) is 15.7 Å². The summed E-state index contributed by atoms with van der Waals surface area (Å²) in [5, 5.41) is 0. The lowest BCUT2D eigenvalue weighted by molar-refractivity contribution is 0.0997. The van der Waals surface area contributed by atoms with Crippen molar-refractivity contribution >= 4 is 27.1 Å². The van der Waals surface area contributed by atoms with Crippen LogP contribution in [0.25, 0.3) is 0 Å². The molecule has 0 fully saturated rings. The highest BCUT2D eigenvalue weighted by Crippen LogP contribution is 2.44. The van der Waals surface area contributed by atoms with E-state index in [2.05, 4.69) is 0 Å². The highest BCUT2D eigenvalue weighted by atomic mass is 32.2. The molecule has 0 atom stereocenters. The quantitative estimate of drug-likeness (QED) is 0.390. The lowest BCUT2D eigenvalue weighted by atomic mass is 10.1. The van der Waals surface area contributed by atoms with Crippen molar-refractivity contribution in [2.75, 3.05) is 12.0 Å². The van der Waals surface area contributed by atoms with Crippen molar-refractivity contribution in [1.82, 2.24) is 0 Å². The zero-order valence-electron chi connectivity index (χ0n) is 18.3. The van der Waals surface area contributed by atoms with E-state index in [0.29, 0.717) is 35.0 Å². The van der Waals surface area contributed by atoms with Gasteiger partial charge in [0, 0.05) is 5.56 Å². The Morgan fingerprint density at radius 3 is 1.97 bits per heavy atom. The largest absolute Gasteiger partial charge is 0.493 e. The first-order valence-electron chi connectivity index (χ1n) is 10.6. The number of hydrogen-bond acceptors (Lipinski definition) is 5. The smallest absolute Gasteiger partial charge is 0.263 e. The van der Waals surface area contributed by atoms with E-state index in [9.17, 15) is 13.2 Å². The summed E-state index contributed by atoms with van der Waals surface area (Å²) in [6, 6.07) is 27.6. The van der Waals surface area contributed by atoms with E-state index in [1.54, 1.807) is 54.6 Å². The second-order valence-electron chi connectivity index (χ2n) is 7.72. The Kier molecular flexibility index (Phi) is 5.55. The molecule has 0 N–H and O–H groups in total. The SMILES string of the molecule is COc1ccc(C(=O)N2c3ccccc3S(=O)(=O)c3ccccc32)cc1OCc1ccccc1. The molecule has 1 amide bonds. The maximum atomic E-state index is 13.8. The topological polar surface area (TPSA) is 72.9 Å². The van der Waals surface area contributed by atoms with Crippen molar-refractivity contribution in [2.45, 2.75) is 16.4 Å². The number of carbonyl (C=O) groups is 1. The molecule has 0 spiro atoms. The first-order chi connectivity index (χ1) is 16.5. The molecule has 5 rings (SSSR count). The van der Waals surface area contributed by atoms with Crippen LogP contribution in [-0.2, 0) is 16.4 Å². The Morgan fingerprint density at radius 2 is 1.35 bits per heavy atom. The highest BCUT2D eigenvalue weighted by molar-refractivity contribution is 7.92. The number of fused-ring (bicyclic) bond motifs is 2. The maximum Gasteiger partial charge on any atom is 0.263 e. The second-order valence-corrected chi connectivity index (χ2v) is 9.61. The summed E-state index contributed by atoms with van der Waals surface area (Å²) < 4.78 is 37.8. The highest BCUT2D eigenvalue weighted by Gasteiger charge is 2.37. The molecule has 4 aromatic rings. The average molecular weight is 472 g/mol. The summed E-state index contributed by atoms with van der Waals surface area (Å²) in [4.78, 5) is 15.4. The molecule has 170 valence electrons. The molecule has 0 saturated heterocycles. The number of sulfone groups is 1. The van der Waals surface area contributed by atoms with Crippen LogP contribution in [0.5, 0.6) is 11.5 Å². The third kappa shape index (κ3) is 3.70. The predicted molar refractivity (Wildman–Crippen MR) is 129 cm³/mol. The molecule has 0 radical (unpaired) electrons. The predicted octanol–water partition coefficient (Wildman–Crippen LogP) is 5.40. The van der Waals surface area contributed by atoms with Crippen LogP contribution >= 0.6 is 0 Å². The summed E-state index contributed by atoms with van der Waals surface area (Å²) in [5.41, 5.74) is 1.95. The van der Waals surface area contributed by atoms with E-state index in [1.807, 2.05) is 30.3 Å². The van der Waals surface area contributed by atoms with Crippen LogP contribution in [0.15, 0.2) is 107 Å². The van der Waals surface area contributed by atoms with E-state index in [0.717, 1.165) is 5.56 Å². The van der Waals surface area contributed by atoms with Gasteiger partial charge in [-0.05, 0) is 48.0 Å². The monoisotopic (exact) mass is 471 g/mol. The summed E-state index contributed by atoms with van der Waals surface area (Å²) in [7, 11) is -2.21. The molecule has 1 heterocycles. The van der Waals surface area contributed by atoms with Gasteiger partial charge in [-0.2, -0.15) is 0 Å². The number of methoxy groups -OCH3 is 1. The zero-order valence-corrected chi connectivity index (χ0v) is 19.2. The molecule has 1 aliphatic heterocycles. The van der Waals surface area contributed by atoms with E-state index in [1.165, 1.54) is 24.1 Å². The second kappa shape index (κ2) is 8.68. The van der Waals surface area contributed by atoms with Gasteiger partial charge in [-0.1, -0.05) is 54.6 Å². The first-order valence-corrected chi connectivity index (χ1v) is 12.1. The molecule has 6 nitrogen and oxygen atoms in total. The molecular weight excluding hydrogens is 450 g/mol. The summed E-state index contributed by atoms with van der Waals surface area (Å²) in [6.07, 6.45) is 0. The van der Waals surface area contributed by atoms with Crippen molar-refractivity contribution in [2.24, 2.45) is 0 Å². The fourth-order valence-corrected chi connectivity index (χ4v) is 5.61. The van der Waals surface area contributed by atoms with E-state index >= 15 is 0 Å². The number of carbonyl (C=O) groups excluding carboxylic acids is 1. The van der Waals surface area contributed by atoms with Gasteiger partial charge < -0.3 is 9.47 Å². The van der Waals surface area contributed by atoms with Gasteiger partial charge in [-0.15, -0.1) is 0 Å². The van der Waals surface area contributed by atoms with Gasteiger partial charge in [0.1, 0.15) is 6.61 Å². The number of amides is 1. The van der Waals surface area contributed by atoms with Crippen molar-refractivity contribution in [3.63, 3.8) is 0 Å². The Labute approximate surface area is 197 Å². The van der Waals surface area contributed by atoms with Gasteiger partial charge in [0.2, 0.25) is 9.84 Å². The summed E-state index contributed by atoms with van der Waals surface area (Å²) in [5.74, 6) is 0.542. The van der Waals surface area contributed by atoms with E-state index < -0.39 is 9.84 Å². The van der Waals surface area contributed by atoms with Gasteiger partial charge in [-0.3, -0.25) is 9.69 Å². The van der Waals surface area contributed by atoms with Crippen LogP contribution in [0.1, 0.15) is 15.9 Å². The molecular formula is C27H21NO5S. The molecule has 7 heteroatoms. The van der Waals surface area contributed by atoms with Crippen LogP contribution in [-0.4, -0.2) is 21.4 Å². The normalized spacial score (nSPS) is 13.5. The molecule has 0 unspecified atom stereocenters. The lowest BCUT2D eigenvalue weighted by Gasteiger charge is -2.31. The van der Waals surface area contributed by atoms with Crippen LogP contribution in [0.2, 0.25) is 0 Å². The van der Waals surface area contributed by atoms with Crippen molar-refractivity contribution in [3.8, 4) is 11.5 Å².